The van der Waals surface area contributed by atoms with Gasteiger partial charge in [-0.3, -0.25) is 0 Å². The van der Waals surface area contributed by atoms with Crippen LogP contribution >= 0.6 is 11.3 Å². The summed E-state index contributed by atoms with van der Waals surface area (Å²) in [5, 5.41) is 10.1. The van der Waals surface area contributed by atoms with Gasteiger partial charge in [0, 0.05) is 24.3 Å². The Morgan fingerprint density at radius 2 is 2.00 bits per heavy atom. The first kappa shape index (κ1) is 11.3. The fraction of sp³-hybridized carbons (Fsp3) is 0.308. The second-order valence-corrected chi connectivity index (χ2v) is 4.92. The van der Waals surface area contributed by atoms with Gasteiger partial charge in [-0.05, 0) is 12.5 Å². The smallest absolute Gasteiger partial charge is 0.0974 e. The van der Waals surface area contributed by atoms with Gasteiger partial charge in [0.05, 0.1) is 10.7 Å². The molecule has 0 amide bonds. The van der Waals surface area contributed by atoms with Crippen molar-refractivity contribution in [2.75, 3.05) is 6.61 Å². The van der Waals surface area contributed by atoms with Gasteiger partial charge in [-0.1, -0.05) is 30.3 Å². The maximum Gasteiger partial charge on any atom is 0.0974 e. The molecular weight excluding hydrogens is 218 g/mol. The van der Waals surface area contributed by atoms with E-state index in [0.717, 1.165) is 23.5 Å². The van der Waals surface area contributed by atoms with Crippen LogP contribution < -0.4 is 0 Å². The zero-order chi connectivity index (χ0) is 11.4. The minimum Gasteiger partial charge on any atom is -0.396 e. The number of thiazole rings is 1. The largest absolute Gasteiger partial charge is 0.396 e. The highest BCUT2D eigenvalue weighted by atomic mass is 32.1. The van der Waals surface area contributed by atoms with Crippen LogP contribution in [0.2, 0.25) is 0 Å². The SMILES string of the molecule is Cc1nc(Cc2ccccc2)sc1CCO. The van der Waals surface area contributed by atoms with Gasteiger partial charge in [0.2, 0.25) is 0 Å². The van der Waals surface area contributed by atoms with Gasteiger partial charge < -0.3 is 5.11 Å². The monoisotopic (exact) mass is 233 g/mol. The van der Waals surface area contributed by atoms with E-state index in [9.17, 15) is 0 Å². The highest BCUT2D eigenvalue weighted by Gasteiger charge is 2.07. The molecule has 0 saturated carbocycles. The number of aliphatic hydroxyl groups excluding tert-OH is 1. The number of nitrogens with zero attached hydrogens (tertiary/aromatic N) is 1. The molecule has 0 bridgehead atoms. The summed E-state index contributed by atoms with van der Waals surface area (Å²) in [6, 6.07) is 10.3. The molecule has 0 atom stereocenters. The first-order valence-corrected chi connectivity index (χ1v) is 6.21. The molecular formula is C13H15NOS. The molecule has 0 radical (unpaired) electrons. The Hall–Kier alpha value is -1.19. The summed E-state index contributed by atoms with van der Waals surface area (Å²) < 4.78 is 0. The van der Waals surface area contributed by atoms with E-state index in [4.69, 9.17) is 5.11 Å². The highest BCUT2D eigenvalue weighted by Crippen LogP contribution is 2.21. The summed E-state index contributed by atoms with van der Waals surface area (Å²) in [6.07, 6.45) is 1.61. The lowest BCUT2D eigenvalue weighted by atomic mass is 10.2. The van der Waals surface area contributed by atoms with Gasteiger partial charge >= 0.3 is 0 Å². The third kappa shape index (κ3) is 2.68. The quantitative estimate of drug-likeness (QED) is 0.880. The Balaban J connectivity index is 2.13. The normalized spacial score (nSPS) is 10.6. The van der Waals surface area contributed by atoms with Crippen molar-refractivity contribution in [3.05, 3.63) is 51.5 Å². The predicted octanol–water partition coefficient (Wildman–Crippen LogP) is 2.58. The molecule has 0 unspecified atom stereocenters. The zero-order valence-electron chi connectivity index (χ0n) is 9.31. The number of benzene rings is 1. The third-order valence-electron chi connectivity index (χ3n) is 2.47. The van der Waals surface area contributed by atoms with Crippen molar-refractivity contribution >= 4 is 11.3 Å². The number of rotatable bonds is 4. The zero-order valence-corrected chi connectivity index (χ0v) is 10.1. The Bertz CT molecular complexity index is 450. The summed E-state index contributed by atoms with van der Waals surface area (Å²) in [7, 11) is 0. The average Bonchev–Trinajstić information content (AvgIpc) is 2.61. The maximum atomic E-state index is 8.92. The standard InChI is InChI=1S/C13H15NOS/c1-10-12(7-8-15)16-13(14-10)9-11-5-3-2-4-6-11/h2-6,15H,7-9H2,1H3. The summed E-state index contributed by atoms with van der Waals surface area (Å²) in [6.45, 7) is 2.21. The molecule has 0 aliphatic heterocycles. The van der Waals surface area contributed by atoms with Crippen LogP contribution in [0.1, 0.15) is 21.1 Å². The second kappa shape index (κ2) is 5.23. The molecule has 84 valence electrons. The number of aromatic nitrogens is 1. The van der Waals surface area contributed by atoms with E-state index in [1.165, 1.54) is 10.4 Å². The first-order chi connectivity index (χ1) is 7.79. The minimum absolute atomic E-state index is 0.202. The van der Waals surface area contributed by atoms with Crippen molar-refractivity contribution in [2.45, 2.75) is 19.8 Å². The van der Waals surface area contributed by atoms with E-state index < -0.39 is 0 Å². The van der Waals surface area contributed by atoms with Crippen LogP contribution in [0.15, 0.2) is 30.3 Å². The molecule has 2 nitrogen and oxygen atoms in total. The molecule has 1 N–H and O–H groups in total. The van der Waals surface area contributed by atoms with Crippen LogP contribution in [-0.4, -0.2) is 16.7 Å². The molecule has 16 heavy (non-hydrogen) atoms. The lowest BCUT2D eigenvalue weighted by Gasteiger charge is -1.95. The molecule has 0 aliphatic carbocycles. The molecule has 2 rings (SSSR count). The van der Waals surface area contributed by atoms with Gasteiger partial charge in [0.25, 0.3) is 0 Å². The van der Waals surface area contributed by atoms with Gasteiger partial charge in [0.15, 0.2) is 0 Å². The fourth-order valence-corrected chi connectivity index (χ4v) is 2.76. The van der Waals surface area contributed by atoms with E-state index in [0.29, 0.717) is 0 Å². The molecule has 0 spiro atoms. The maximum absolute atomic E-state index is 8.92. The van der Waals surface area contributed by atoms with Gasteiger partial charge in [-0.15, -0.1) is 11.3 Å². The lowest BCUT2D eigenvalue weighted by Crippen LogP contribution is -1.89. The predicted molar refractivity (Wildman–Crippen MR) is 66.9 cm³/mol. The lowest BCUT2D eigenvalue weighted by molar-refractivity contribution is 0.300. The van der Waals surface area contributed by atoms with Crippen LogP contribution in [0.5, 0.6) is 0 Å². The molecule has 0 saturated heterocycles. The van der Waals surface area contributed by atoms with Gasteiger partial charge in [0.1, 0.15) is 0 Å². The number of aliphatic hydroxyl groups is 1. The van der Waals surface area contributed by atoms with Crippen molar-refractivity contribution in [1.29, 1.82) is 0 Å². The molecule has 1 aromatic carbocycles. The van der Waals surface area contributed by atoms with Crippen molar-refractivity contribution in [3.8, 4) is 0 Å². The van der Waals surface area contributed by atoms with Crippen LogP contribution in [-0.2, 0) is 12.8 Å². The van der Waals surface area contributed by atoms with E-state index in [1.807, 2.05) is 25.1 Å². The van der Waals surface area contributed by atoms with E-state index in [2.05, 4.69) is 17.1 Å². The van der Waals surface area contributed by atoms with Crippen molar-refractivity contribution in [1.82, 2.24) is 4.98 Å². The van der Waals surface area contributed by atoms with E-state index in [-0.39, 0.29) is 6.61 Å². The third-order valence-corrected chi connectivity index (χ3v) is 3.69. The van der Waals surface area contributed by atoms with Crippen molar-refractivity contribution in [2.24, 2.45) is 0 Å². The molecule has 3 heteroatoms. The van der Waals surface area contributed by atoms with E-state index >= 15 is 0 Å². The van der Waals surface area contributed by atoms with Crippen LogP contribution in [0.3, 0.4) is 0 Å². The van der Waals surface area contributed by atoms with Crippen molar-refractivity contribution in [3.63, 3.8) is 0 Å². The van der Waals surface area contributed by atoms with E-state index in [1.54, 1.807) is 11.3 Å². The summed E-state index contributed by atoms with van der Waals surface area (Å²) >= 11 is 1.71. The number of hydrogen-bond acceptors (Lipinski definition) is 3. The summed E-state index contributed by atoms with van der Waals surface area (Å²) in [5.74, 6) is 0. The van der Waals surface area contributed by atoms with Crippen LogP contribution in [0.4, 0.5) is 0 Å². The minimum atomic E-state index is 0.202. The Labute approximate surface area is 99.6 Å². The fourth-order valence-electron chi connectivity index (χ4n) is 1.67. The van der Waals surface area contributed by atoms with Crippen LogP contribution in [0, 0.1) is 6.92 Å². The molecule has 1 aromatic heterocycles. The highest BCUT2D eigenvalue weighted by molar-refractivity contribution is 7.11. The topological polar surface area (TPSA) is 33.1 Å². The summed E-state index contributed by atoms with van der Waals surface area (Å²) in [4.78, 5) is 5.73. The molecule has 2 aromatic rings. The van der Waals surface area contributed by atoms with Crippen molar-refractivity contribution < 1.29 is 5.11 Å². The summed E-state index contributed by atoms with van der Waals surface area (Å²) in [5.41, 5.74) is 2.34. The first-order valence-electron chi connectivity index (χ1n) is 5.39. The van der Waals surface area contributed by atoms with Gasteiger partial charge in [-0.25, -0.2) is 4.98 Å². The number of aryl methyl sites for hydroxylation is 1. The van der Waals surface area contributed by atoms with Crippen LogP contribution in [0.25, 0.3) is 0 Å². The number of hydrogen-bond donors (Lipinski definition) is 1. The second-order valence-electron chi connectivity index (χ2n) is 3.75. The average molecular weight is 233 g/mol. The molecule has 0 aliphatic rings. The Kier molecular flexibility index (Phi) is 3.70. The molecule has 1 heterocycles. The Morgan fingerprint density at radius 1 is 1.25 bits per heavy atom. The Morgan fingerprint density at radius 3 is 2.69 bits per heavy atom. The molecule has 0 fully saturated rings. The van der Waals surface area contributed by atoms with Gasteiger partial charge in [-0.2, -0.15) is 0 Å².